The summed E-state index contributed by atoms with van der Waals surface area (Å²) < 4.78 is 7.25. The minimum absolute atomic E-state index is 0.194. The van der Waals surface area contributed by atoms with Crippen LogP contribution in [0.15, 0.2) is 18.2 Å². The number of ether oxygens (including phenoxy) is 1. The van der Waals surface area contributed by atoms with E-state index >= 15 is 0 Å². The van der Waals surface area contributed by atoms with E-state index in [0.717, 1.165) is 16.8 Å². The number of rotatable bonds is 3. The van der Waals surface area contributed by atoms with Crippen LogP contribution in [0.4, 0.5) is 0 Å². The molecule has 1 heterocycles. The smallest absolute Gasteiger partial charge is 0.133 e. The van der Waals surface area contributed by atoms with Gasteiger partial charge in [0.1, 0.15) is 23.3 Å². The van der Waals surface area contributed by atoms with Gasteiger partial charge in [-0.25, -0.2) is 0 Å². The molecule has 18 heavy (non-hydrogen) atoms. The fourth-order valence-electron chi connectivity index (χ4n) is 1.81. The van der Waals surface area contributed by atoms with E-state index in [1.54, 1.807) is 23.9 Å². The van der Waals surface area contributed by atoms with Crippen LogP contribution < -0.4 is 4.74 Å². The van der Waals surface area contributed by atoms with Crippen molar-refractivity contribution >= 4 is 11.6 Å². The predicted octanol–water partition coefficient (Wildman–Crippen LogP) is 2.97. The van der Waals surface area contributed by atoms with Gasteiger partial charge in [0.25, 0.3) is 0 Å². The van der Waals surface area contributed by atoms with Crippen molar-refractivity contribution in [1.29, 1.82) is 0 Å². The molecule has 2 aromatic rings. The molecule has 96 valence electrons. The molecule has 1 N–H and O–H groups in total. The average Bonchev–Trinajstić information content (AvgIpc) is 2.50. The Kier molecular flexibility index (Phi) is 3.48. The van der Waals surface area contributed by atoms with Crippen LogP contribution in [0.3, 0.4) is 0 Å². The van der Waals surface area contributed by atoms with Gasteiger partial charge >= 0.3 is 0 Å². The molecule has 1 aromatic carbocycles. The summed E-state index contributed by atoms with van der Waals surface area (Å²) in [5, 5.41) is 14.3. The number of hydrogen-bond acceptors (Lipinski definition) is 3. The minimum atomic E-state index is 0.194. The van der Waals surface area contributed by atoms with Crippen LogP contribution in [-0.4, -0.2) is 14.9 Å². The lowest BCUT2D eigenvalue weighted by Gasteiger charge is -2.07. The Labute approximate surface area is 111 Å². The molecule has 0 spiro atoms. The molecule has 2 rings (SSSR count). The summed E-state index contributed by atoms with van der Waals surface area (Å²) in [7, 11) is 1.79. The van der Waals surface area contributed by atoms with Crippen LogP contribution in [0.1, 0.15) is 16.8 Å². The van der Waals surface area contributed by atoms with Crippen LogP contribution in [0, 0.1) is 13.8 Å². The van der Waals surface area contributed by atoms with Gasteiger partial charge in [-0.15, -0.1) is 0 Å². The van der Waals surface area contributed by atoms with Crippen LogP contribution in [0.25, 0.3) is 0 Å². The summed E-state index contributed by atoms with van der Waals surface area (Å²) in [4.78, 5) is 0. The average molecular weight is 267 g/mol. The summed E-state index contributed by atoms with van der Waals surface area (Å²) in [6.45, 7) is 4.12. The van der Waals surface area contributed by atoms with Gasteiger partial charge in [-0.3, -0.25) is 4.68 Å². The molecule has 4 nitrogen and oxygen atoms in total. The second kappa shape index (κ2) is 4.90. The summed E-state index contributed by atoms with van der Waals surface area (Å²) in [6, 6.07) is 5.11. The van der Waals surface area contributed by atoms with E-state index in [1.165, 1.54) is 0 Å². The van der Waals surface area contributed by atoms with Crippen molar-refractivity contribution in [3.05, 3.63) is 40.2 Å². The van der Waals surface area contributed by atoms with E-state index < -0.39 is 0 Å². The van der Waals surface area contributed by atoms with Crippen LogP contribution >= 0.6 is 11.6 Å². The van der Waals surface area contributed by atoms with Gasteiger partial charge in [0.15, 0.2) is 0 Å². The SMILES string of the molecule is Cc1cc(O)cc(OCc2c(C)nn(C)c2Cl)c1. The maximum absolute atomic E-state index is 9.48. The van der Waals surface area contributed by atoms with Crippen molar-refractivity contribution in [2.45, 2.75) is 20.5 Å². The number of hydrogen-bond donors (Lipinski definition) is 1. The monoisotopic (exact) mass is 266 g/mol. The Morgan fingerprint density at radius 2 is 2.06 bits per heavy atom. The molecule has 0 unspecified atom stereocenters. The first-order chi connectivity index (χ1) is 8.47. The Hall–Kier alpha value is -1.68. The normalized spacial score (nSPS) is 10.7. The molecule has 0 radical (unpaired) electrons. The molecule has 1 aromatic heterocycles. The first-order valence-corrected chi connectivity index (χ1v) is 5.96. The Morgan fingerprint density at radius 3 is 2.61 bits per heavy atom. The highest BCUT2D eigenvalue weighted by atomic mass is 35.5. The number of aromatic hydroxyl groups is 1. The molecule has 0 aliphatic heterocycles. The van der Waals surface area contributed by atoms with Gasteiger partial charge in [0.2, 0.25) is 0 Å². The van der Waals surface area contributed by atoms with Crippen LogP contribution in [0.2, 0.25) is 5.15 Å². The van der Waals surface area contributed by atoms with E-state index in [0.29, 0.717) is 17.5 Å². The number of phenolic OH excluding ortho intramolecular Hbond substituents is 1. The van der Waals surface area contributed by atoms with Gasteiger partial charge in [0.05, 0.1) is 5.69 Å². The van der Waals surface area contributed by atoms with Gasteiger partial charge in [-0.05, 0) is 31.5 Å². The summed E-state index contributed by atoms with van der Waals surface area (Å²) in [6.07, 6.45) is 0. The highest BCUT2D eigenvalue weighted by Crippen LogP contribution is 2.24. The number of nitrogens with zero attached hydrogens (tertiary/aromatic N) is 2. The quantitative estimate of drug-likeness (QED) is 0.929. The number of aromatic nitrogens is 2. The fourth-order valence-corrected chi connectivity index (χ4v) is 2.03. The molecule has 0 atom stereocenters. The third-order valence-electron chi connectivity index (χ3n) is 2.69. The number of aryl methyl sites for hydroxylation is 3. The zero-order valence-corrected chi connectivity index (χ0v) is 11.3. The number of halogens is 1. The highest BCUT2D eigenvalue weighted by molar-refractivity contribution is 6.30. The van der Waals surface area contributed by atoms with Gasteiger partial charge in [-0.2, -0.15) is 5.10 Å². The Morgan fingerprint density at radius 1 is 1.33 bits per heavy atom. The van der Waals surface area contributed by atoms with Crippen molar-refractivity contribution in [2.24, 2.45) is 7.05 Å². The highest BCUT2D eigenvalue weighted by Gasteiger charge is 2.11. The first kappa shape index (κ1) is 12.8. The Balaban J connectivity index is 2.16. The summed E-state index contributed by atoms with van der Waals surface area (Å²) >= 11 is 6.11. The first-order valence-electron chi connectivity index (χ1n) is 5.59. The molecule has 0 saturated heterocycles. The molecular formula is C13H15ClN2O2. The summed E-state index contributed by atoms with van der Waals surface area (Å²) in [5.74, 6) is 0.811. The van der Waals surface area contributed by atoms with Crippen molar-refractivity contribution in [3.8, 4) is 11.5 Å². The maximum atomic E-state index is 9.48. The molecule has 0 bridgehead atoms. The third-order valence-corrected chi connectivity index (χ3v) is 3.16. The third kappa shape index (κ3) is 2.59. The zero-order valence-electron chi connectivity index (χ0n) is 10.6. The molecule has 0 saturated carbocycles. The fraction of sp³-hybridized carbons (Fsp3) is 0.308. The van der Waals surface area contributed by atoms with Gasteiger partial charge in [-0.1, -0.05) is 11.6 Å². The van der Waals surface area contributed by atoms with Crippen molar-refractivity contribution in [2.75, 3.05) is 0 Å². The second-order valence-corrected chi connectivity index (χ2v) is 4.63. The topological polar surface area (TPSA) is 47.3 Å². The largest absolute Gasteiger partial charge is 0.508 e. The molecule has 0 amide bonds. The van der Waals surface area contributed by atoms with E-state index in [9.17, 15) is 5.11 Å². The lowest BCUT2D eigenvalue weighted by Crippen LogP contribution is -1.97. The van der Waals surface area contributed by atoms with Crippen LogP contribution in [0.5, 0.6) is 11.5 Å². The molecule has 0 aliphatic rings. The second-order valence-electron chi connectivity index (χ2n) is 4.27. The maximum Gasteiger partial charge on any atom is 0.133 e. The lowest BCUT2D eigenvalue weighted by atomic mass is 10.2. The summed E-state index contributed by atoms with van der Waals surface area (Å²) in [5.41, 5.74) is 2.65. The predicted molar refractivity (Wildman–Crippen MR) is 70.1 cm³/mol. The number of phenols is 1. The Bertz CT molecular complexity index is 558. The van der Waals surface area contributed by atoms with Gasteiger partial charge in [0, 0.05) is 18.7 Å². The van der Waals surface area contributed by atoms with Crippen molar-refractivity contribution in [1.82, 2.24) is 9.78 Å². The molecular weight excluding hydrogens is 252 g/mol. The number of benzene rings is 1. The lowest BCUT2D eigenvalue weighted by molar-refractivity contribution is 0.303. The molecule has 0 fully saturated rings. The van der Waals surface area contributed by atoms with Gasteiger partial charge < -0.3 is 9.84 Å². The molecule has 5 heteroatoms. The van der Waals surface area contributed by atoms with Crippen molar-refractivity contribution in [3.63, 3.8) is 0 Å². The molecule has 0 aliphatic carbocycles. The van der Waals surface area contributed by atoms with Crippen molar-refractivity contribution < 1.29 is 9.84 Å². The minimum Gasteiger partial charge on any atom is -0.508 e. The van der Waals surface area contributed by atoms with E-state index in [-0.39, 0.29) is 5.75 Å². The van der Waals surface area contributed by atoms with E-state index in [1.807, 2.05) is 19.9 Å². The standard InChI is InChI=1S/C13H15ClN2O2/c1-8-4-10(17)6-11(5-8)18-7-12-9(2)15-16(3)13(12)14/h4-6,17H,7H2,1-3H3. The van der Waals surface area contributed by atoms with Crippen LogP contribution in [-0.2, 0) is 13.7 Å². The zero-order chi connectivity index (χ0) is 13.3. The van der Waals surface area contributed by atoms with E-state index in [2.05, 4.69) is 5.10 Å². The van der Waals surface area contributed by atoms with E-state index in [4.69, 9.17) is 16.3 Å².